The summed E-state index contributed by atoms with van der Waals surface area (Å²) in [5, 5.41) is 17.2. The van der Waals surface area contributed by atoms with Crippen LogP contribution in [0.15, 0.2) is 126 Å². The Labute approximate surface area is 311 Å². The molecule has 5 aromatic carbocycles. The van der Waals surface area contributed by atoms with Crippen molar-refractivity contribution in [3.8, 4) is 17.2 Å². The van der Waals surface area contributed by atoms with Crippen molar-refractivity contribution in [2.24, 2.45) is 0 Å². The second kappa shape index (κ2) is 17.6. The van der Waals surface area contributed by atoms with Crippen LogP contribution in [0.2, 0.25) is 0 Å². The summed E-state index contributed by atoms with van der Waals surface area (Å²) in [5.41, 5.74) is 3.05. The van der Waals surface area contributed by atoms with Crippen molar-refractivity contribution in [3.05, 3.63) is 149 Å². The van der Waals surface area contributed by atoms with Crippen LogP contribution >= 0.6 is 11.8 Å². The Balaban J connectivity index is 1.44. The van der Waals surface area contributed by atoms with E-state index < -0.39 is 23.0 Å². The van der Waals surface area contributed by atoms with E-state index in [1.54, 1.807) is 73.7 Å². The van der Waals surface area contributed by atoms with E-state index in [0.29, 0.717) is 50.2 Å². The average molecular weight is 732 g/mol. The molecular formula is C41H37N3O8S. The average Bonchev–Trinajstić information content (AvgIpc) is 3.17. The molecule has 0 aliphatic carbocycles. The molecule has 1 atom stereocenters. The highest BCUT2D eigenvalue weighted by Crippen LogP contribution is 2.39. The SMILES string of the molecule is COc1cc(/C=C(/NC(=O)c2ccccc2)C(=O)Nc2cccc(SC(C(=O)Nc3cc(C(=O)O)ccc3C)c3ccccc3)c2)cc(OC)c1OC. The lowest BCUT2D eigenvalue weighted by Gasteiger charge is -2.19. The Hall–Kier alpha value is -6.53. The van der Waals surface area contributed by atoms with Crippen LogP contribution in [0, 0.1) is 6.92 Å². The third-order valence-corrected chi connectivity index (χ3v) is 9.20. The van der Waals surface area contributed by atoms with Crippen molar-refractivity contribution in [1.29, 1.82) is 0 Å². The molecule has 0 saturated heterocycles. The Morgan fingerprint density at radius 2 is 1.38 bits per heavy atom. The van der Waals surface area contributed by atoms with E-state index in [-0.39, 0.29) is 17.2 Å². The number of methoxy groups -OCH3 is 3. The van der Waals surface area contributed by atoms with Crippen LogP contribution in [0.3, 0.4) is 0 Å². The van der Waals surface area contributed by atoms with Crippen LogP contribution < -0.4 is 30.2 Å². The zero-order valence-corrected chi connectivity index (χ0v) is 30.2. The highest BCUT2D eigenvalue weighted by molar-refractivity contribution is 8.00. The van der Waals surface area contributed by atoms with E-state index in [2.05, 4.69) is 16.0 Å². The first-order valence-electron chi connectivity index (χ1n) is 16.3. The first kappa shape index (κ1) is 37.7. The van der Waals surface area contributed by atoms with E-state index in [1.807, 2.05) is 36.4 Å². The van der Waals surface area contributed by atoms with E-state index in [0.717, 1.165) is 5.56 Å². The maximum atomic E-state index is 13.9. The number of carbonyl (C=O) groups excluding carboxylic acids is 3. The van der Waals surface area contributed by atoms with Crippen LogP contribution in [0.1, 0.15) is 42.7 Å². The fraction of sp³-hybridized carbons (Fsp3) is 0.122. The molecule has 3 amide bonds. The molecule has 0 fully saturated rings. The molecule has 0 heterocycles. The molecule has 0 bridgehead atoms. The molecule has 0 aromatic heterocycles. The number of aromatic carboxylic acids is 1. The normalized spacial score (nSPS) is 11.5. The quantitative estimate of drug-likeness (QED) is 0.0668. The highest BCUT2D eigenvalue weighted by atomic mass is 32.2. The maximum absolute atomic E-state index is 13.9. The monoisotopic (exact) mass is 731 g/mol. The van der Waals surface area contributed by atoms with Crippen molar-refractivity contribution >= 4 is 52.9 Å². The minimum atomic E-state index is -1.10. The highest BCUT2D eigenvalue weighted by Gasteiger charge is 2.24. The molecule has 0 radical (unpaired) electrons. The van der Waals surface area contributed by atoms with Gasteiger partial charge in [-0.2, -0.15) is 0 Å². The van der Waals surface area contributed by atoms with Gasteiger partial charge in [-0.1, -0.05) is 60.7 Å². The van der Waals surface area contributed by atoms with Crippen molar-refractivity contribution < 1.29 is 38.5 Å². The molecule has 5 rings (SSSR count). The summed E-state index contributed by atoms with van der Waals surface area (Å²) < 4.78 is 16.4. The number of carbonyl (C=O) groups is 4. The molecule has 12 heteroatoms. The number of ether oxygens (including phenoxy) is 3. The number of carboxylic acid groups (broad SMARTS) is 1. The smallest absolute Gasteiger partial charge is 0.335 e. The molecule has 0 aliphatic heterocycles. The molecule has 0 spiro atoms. The number of amides is 3. The van der Waals surface area contributed by atoms with Crippen LogP contribution in [-0.4, -0.2) is 50.1 Å². The second-order valence-electron chi connectivity index (χ2n) is 11.6. The minimum Gasteiger partial charge on any atom is -0.493 e. The molecule has 270 valence electrons. The maximum Gasteiger partial charge on any atom is 0.335 e. The lowest BCUT2D eigenvalue weighted by atomic mass is 10.1. The molecule has 11 nitrogen and oxygen atoms in total. The fourth-order valence-electron chi connectivity index (χ4n) is 5.26. The van der Waals surface area contributed by atoms with E-state index in [9.17, 15) is 24.3 Å². The molecule has 0 aliphatic rings. The van der Waals surface area contributed by atoms with Gasteiger partial charge in [0.05, 0.1) is 26.9 Å². The summed E-state index contributed by atoms with van der Waals surface area (Å²) >= 11 is 1.25. The first-order valence-corrected chi connectivity index (χ1v) is 17.1. The molecule has 53 heavy (non-hydrogen) atoms. The number of rotatable bonds is 14. The predicted molar refractivity (Wildman–Crippen MR) is 205 cm³/mol. The van der Waals surface area contributed by atoms with E-state index >= 15 is 0 Å². The summed E-state index contributed by atoms with van der Waals surface area (Å²) in [7, 11) is 4.44. The standard InChI is InChI=1S/C41H37N3O8S/c1-25-18-19-29(41(48)49)23-32(25)43-40(47)37(27-12-7-5-8-13-27)53-31-17-11-16-30(24-31)42-39(46)33(44-38(45)28-14-9-6-10-15-28)20-26-21-34(50-2)36(52-4)35(22-26)51-3/h5-24,37H,1-4H3,(H,42,46)(H,43,47)(H,44,45)(H,48,49)/b33-20+. The number of hydrogen-bond donors (Lipinski definition) is 4. The Bertz CT molecular complexity index is 2130. The zero-order chi connectivity index (χ0) is 37.9. The van der Waals surface area contributed by atoms with Gasteiger partial charge in [0, 0.05) is 21.8 Å². The molecule has 1 unspecified atom stereocenters. The zero-order valence-electron chi connectivity index (χ0n) is 29.3. The largest absolute Gasteiger partial charge is 0.493 e. The van der Waals surface area contributed by atoms with Crippen molar-refractivity contribution in [1.82, 2.24) is 5.32 Å². The Kier molecular flexibility index (Phi) is 12.5. The lowest BCUT2D eigenvalue weighted by molar-refractivity contribution is -0.116. The van der Waals surface area contributed by atoms with E-state index in [1.165, 1.54) is 51.3 Å². The van der Waals surface area contributed by atoms with Gasteiger partial charge in [-0.15, -0.1) is 11.8 Å². The van der Waals surface area contributed by atoms with Gasteiger partial charge in [-0.05, 0) is 84.3 Å². The third-order valence-electron chi connectivity index (χ3n) is 7.96. The van der Waals surface area contributed by atoms with Gasteiger partial charge in [0.1, 0.15) is 10.9 Å². The van der Waals surface area contributed by atoms with Crippen molar-refractivity contribution in [3.63, 3.8) is 0 Å². The molecular weight excluding hydrogens is 695 g/mol. The van der Waals surface area contributed by atoms with Crippen LogP contribution in [0.25, 0.3) is 6.08 Å². The summed E-state index contributed by atoms with van der Waals surface area (Å²) in [6.45, 7) is 1.78. The van der Waals surface area contributed by atoms with Gasteiger partial charge in [0.15, 0.2) is 11.5 Å². The topological polar surface area (TPSA) is 152 Å². The fourth-order valence-corrected chi connectivity index (χ4v) is 6.35. The summed E-state index contributed by atoms with van der Waals surface area (Å²) in [4.78, 5) is 53.2. The van der Waals surface area contributed by atoms with Gasteiger partial charge in [-0.25, -0.2) is 4.79 Å². The van der Waals surface area contributed by atoms with Crippen LogP contribution in [0.5, 0.6) is 17.2 Å². The molecule has 5 aromatic rings. The Morgan fingerprint density at radius 1 is 0.717 bits per heavy atom. The Morgan fingerprint density at radius 3 is 2.00 bits per heavy atom. The third kappa shape index (κ3) is 9.63. The number of nitrogens with one attached hydrogen (secondary N) is 3. The summed E-state index contributed by atoms with van der Waals surface area (Å²) in [5.74, 6) is -1.49. The number of anilines is 2. The summed E-state index contributed by atoms with van der Waals surface area (Å²) in [6, 6.07) is 32.5. The summed E-state index contributed by atoms with van der Waals surface area (Å²) in [6.07, 6.45) is 1.50. The van der Waals surface area contributed by atoms with Crippen molar-refractivity contribution in [2.75, 3.05) is 32.0 Å². The molecule has 4 N–H and O–H groups in total. The predicted octanol–water partition coefficient (Wildman–Crippen LogP) is 7.60. The number of thioether (sulfide) groups is 1. The van der Waals surface area contributed by atoms with Gasteiger partial charge < -0.3 is 35.3 Å². The molecule has 0 saturated carbocycles. The number of benzene rings is 5. The van der Waals surface area contributed by atoms with Crippen molar-refractivity contribution in [2.45, 2.75) is 17.1 Å². The van der Waals surface area contributed by atoms with Crippen LogP contribution in [-0.2, 0) is 9.59 Å². The van der Waals surface area contributed by atoms with E-state index in [4.69, 9.17) is 14.2 Å². The van der Waals surface area contributed by atoms with Crippen LogP contribution in [0.4, 0.5) is 11.4 Å². The van der Waals surface area contributed by atoms with Gasteiger partial charge in [0.2, 0.25) is 11.7 Å². The number of aryl methyl sites for hydroxylation is 1. The van der Waals surface area contributed by atoms with Gasteiger partial charge in [0.25, 0.3) is 11.8 Å². The number of hydrogen-bond acceptors (Lipinski definition) is 8. The van der Waals surface area contributed by atoms with Gasteiger partial charge >= 0.3 is 5.97 Å². The number of carboxylic acids is 1. The van der Waals surface area contributed by atoms with Gasteiger partial charge in [-0.3, -0.25) is 14.4 Å². The first-order chi connectivity index (χ1) is 25.6. The minimum absolute atomic E-state index is 0.0527. The second-order valence-corrected chi connectivity index (χ2v) is 12.7. The lowest BCUT2D eigenvalue weighted by Crippen LogP contribution is -2.30.